The molecular formula is C14H23NO. The van der Waals surface area contributed by atoms with Crippen molar-refractivity contribution in [2.45, 2.75) is 57.4 Å². The smallest absolute Gasteiger partial charge is 0.137 e. The van der Waals surface area contributed by atoms with Gasteiger partial charge in [0.25, 0.3) is 0 Å². The van der Waals surface area contributed by atoms with Crippen LogP contribution in [0.1, 0.15) is 51.4 Å². The van der Waals surface area contributed by atoms with Crippen molar-refractivity contribution in [2.75, 3.05) is 13.1 Å². The highest BCUT2D eigenvalue weighted by molar-refractivity contribution is 5.83. The Morgan fingerprint density at radius 1 is 1.06 bits per heavy atom. The Hall–Kier alpha value is -0.370. The number of Topliss-reactive ketones (excluding diaryl/α,β-unsaturated/α-hetero) is 1. The topological polar surface area (TPSA) is 20.3 Å². The average Bonchev–Trinajstić information content (AvgIpc) is 3.00. The van der Waals surface area contributed by atoms with Gasteiger partial charge >= 0.3 is 0 Å². The first-order valence-corrected chi connectivity index (χ1v) is 7.11. The maximum absolute atomic E-state index is 11.9. The molecule has 2 heteroatoms. The van der Waals surface area contributed by atoms with Gasteiger partial charge in [0.05, 0.1) is 0 Å². The zero-order chi connectivity index (χ0) is 11.0. The van der Waals surface area contributed by atoms with Crippen molar-refractivity contribution < 1.29 is 4.79 Å². The summed E-state index contributed by atoms with van der Waals surface area (Å²) in [4.78, 5) is 14.6. The lowest BCUT2D eigenvalue weighted by Gasteiger charge is -2.38. The predicted molar refractivity (Wildman–Crippen MR) is 64.3 cm³/mol. The zero-order valence-corrected chi connectivity index (χ0v) is 10.2. The Morgan fingerprint density at radius 2 is 1.94 bits per heavy atom. The molecule has 3 aliphatic rings. The minimum Gasteiger partial charge on any atom is -0.299 e. The lowest BCUT2D eigenvalue weighted by Crippen LogP contribution is -2.46. The van der Waals surface area contributed by atoms with Gasteiger partial charge in [0.15, 0.2) is 0 Å². The van der Waals surface area contributed by atoms with Crippen LogP contribution in [-0.4, -0.2) is 29.8 Å². The summed E-state index contributed by atoms with van der Waals surface area (Å²) < 4.78 is 0. The quantitative estimate of drug-likeness (QED) is 0.730. The molecule has 1 aliphatic heterocycles. The molecule has 1 saturated heterocycles. The van der Waals surface area contributed by atoms with Crippen LogP contribution in [0.25, 0.3) is 0 Å². The molecule has 0 N–H and O–H groups in total. The first-order chi connectivity index (χ1) is 7.84. The summed E-state index contributed by atoms with van der Waals surface area (Å²) in [7, 11) is 0. The molecule has 2 unspecified atom stereocenters. The van der Waals surface area contributed by atoms with Gasteiger partial charge in [-0.25, -0.2) is 0 Å². The summed E-state index contributed by atoms with van der Waals surface area (Å²) in [5.74, 6) is 1.93. The molecule has 1 heterocycles. The van der Waals surface area contributed by atoms with Crippen LogP contribution < -0.4 is 0 Å². The van der Waals surface area contributed by atoms with Crippen molar-refractivity contribution in [2.24, 2.45) is 11.8 Å². The Balaban J connectivity index is 1.66. The van der Waals surface area contributed by atoms with Crippen LogP contribution in [0.5, 0.6) is 0 Å². The Bertz CT molecular complexity index is 272. The Morgan fingerprint density at radius 3 is 2.62 bits per heavy atom. The van der Waals surface area contributed by atoms with E-state index in [1.807, 2.05) is 0 Å². The molecule has 0 aromatic heterocycles. The zero-order valence-electron chi connectivity index (χ0n) is 10.2. The lowest BCUT2D eigenvalue weighted by atomic mass is 9.88. The van der Waals surface area contributed by atoms with Gasteiger partial charge in [-0.3, -0.25) is 9.69 Å². The van der Waals surface area contributed by atoms with E-state index >= 15 is 0 Å². The van der Waals surface area contributed by atoms with Gasteiger partial charge in [-0.2, -0.15) is 0 Å². The fourth-order valence-corrected chi connectivity index (χ4v) is 3.58. The molecule has 2 atom stereocenters. The van der Waals surface area contributed by atoms with E-state index in [0.717, 1.165) is 18.8 Å². The van der Waals surface area contributed by atoms with Gasteiger partial charge in [-0.1, -0.05) is 6.42 Å². The van der Waals surface area contributed by atoms with Crippen LogP contribution in [0, 0.1) is 11.8 Å². The predicted octanol–water partition coefficient (Wildman–Crippen LogP) is 2.62. The van der Waals surface area contributed by atoms with Gasteiger partial charge in [-0.15, -0.1) is 0 Å². The molecule has 90 valence electrons. The van der Waals surface area contributed by atoms with Crippen molar-refractivity contribution in [3.8, 4) is 0 Å². The van der Waals surface area contributed by atoms with Gasteiger partial charge in [-0.05, 0) is 51.0 Å². The number of piperidine rings is 1. The summed E-state index contributed by atoms with van der Waals surface area (Å²) in [6.45, 7) is 2.54. The van der Waals surface area contributed by atoms with Gasteiger partial charge in [0, 0.05) is 24.9 Å². The van der Waals surface area contributed by atoms with Crippen molar-refractivity contribution >= 4 is 5.78 Å². The van der Waals surface area contributed by atoms with Crippen LogP contribution in [0.3, 0.4) is 0 Å². The third-order valence-corrected chi connectivity index (χ3v) is 4.67. The highest BCUT2D eigenvalue weighted by atomic mass is 16.1. The van der Waals surface area contributed by atoms with Crippen molar-refractivity contribution in [1.82, 2.24) is 4.90 Å². The number of ketones is 1. The van der Waals surface area contributed by atoms with Crippen LogP contribution in [0.4, 0.5) is 0 Å². The molecule has 2 aliphatic carbocycles. The Labute approximate surface area is 98.4 Å². The minimum absolute atomic E-state index is 0.402. The maximum Gasteiger partial charge on any atom is 0.137 e. The molecule has 0 amide bonds. The van der Waals surface area contributed by atoms with E-state index in [4.69, 9.17) is 0 Å². The Kier molecular flexibility index (Phi) is 3.01. The van der Waals surface area contributed by atoms with Gasteiger partial charge in [0.1, 0.15) is 5.78 Å². The molecule has 0 bridgehead atoms. The van der Waals surface area contributed by atoms with Crippen molar-refractivity contribution in [3.63, 3.8) is 0 Å². The second-order valence-corrected chi connectivity index (χ2v) is 5.97. The average molecular weight is 221 g/mol. The highest BCUT2D eigenvalue weighted by Gasteiger charge is 2.38. The number of hydrogen-bond donors (Lipinski definition) is 0. The van der Waals surface area contributed by atoms with Crippen molar-refractivity contribution in [1.29, 1.82) is 0 Å². The fraction of sp³-hybridized carbons (Fsp3) is 0.929. The maximum atomic E-state index is 11.9. The van der Waals surface area contributed by atoms with E-state index in [1.54, 1.807) is 0 Å². The second kappa shape index (κ2) is 4.48. The summed E-state index contributed by atoms with van der Waals surface area (Å²) >= 11 is 0. The molecule has 2 saturated carbocycles. The van der Waals surface area contributed by atoms with E-state index in [2.05, 4.69) is 4.90 Å². The molecule has 0 radical (unpaired) electrons. The third-order valence-electron chi connectivity index (χ3n) is 4.67. The van der Waals surface area contributed by atoms with E-state index in [-0.39, 0.29) is 0 Å². The molecule has 2 nitrogen and oxygen atoms in total. The van der Waals surface area contributed by atoms with Crippen LogP contribution in [0.15, 0.2) is 0 Å². The van der Waals surface area contributed by atoms with E-state index in [0.29, 0.717) is 17.7 Å². The summed E-state index contributed by atoms with van der Waals surface area (Å²) in [5, 5.41) is 0. The molecular weight excluding hydrogens is 198 g/mol. The van der Waals surface area contributed by atoms with Crippen LogP contribution in [0.2, 0.25) is 0 Å². The minimum atomic E-state index is 0.402. The van der Waals surface area contributed by atoms with Crippen LogP contribution in [-0.2, 0) is 4.79 Å². The van der Waals surface area contributed by atoms with Crippen LogP contribution >= 0.6 is 0 Å². The SMILES string of the molecule is O=C1CCCC1C1CCCCN1CC1CC1. The summed E-state index contributed by atoms with van der Waals surface area (Å²) in [6.07, 6.45) is 10.0. The first-order valence-electron chi connectivity index (χ1n) is 7.11. The van der Waals surface area contributed by atoms with E-state index in [1.165, 1.54) is 51.6 Å². The van der Waals surface area contributed by atoms with E-state index < -0.39 is 0 Å². The summed E-state index contributed by atoms with van der Waals surface area (Å²) in [5.41, 5.74) is 0. The highest BCUT2D eigenvalue weighted by Crippen LogP contribution is 2.36. The number of carbonyl (C=O) groups is 1. The number of likely N-dealkylation sites (tertiary alicyclic amines) is 1. The molecule has 3 rings (SSSR count). The molecule has 0 spiro atoms. The number of rotatable bonds is 3. The molecule has 0 aromatic rings. The monoisotopic (exact) mass is 221 g/mol. The standard InChI is InChI=1S/C14H23NO/c16-14-6-3-4-12(14)13-5-1-2-9-15(13)10-11-7-8-11/h11-13H,1-10H2. The largest absolute Gasteiger partial charge is 0.299 e. The number of nitrogens with zero attached hydrogens (tertiary/aromatic N) is 1. The molecule has 3 fully saturated rings. The number of hydrogen-bond acceptors (Lipinski definition) is 2. The first kappa shape index (κ1) is 10.8. The number of carbonyl (C=O) groups excluding carboxylic acids is 1. The third kappa shape index (κ3) is 2.17. The normalized spacial score (nSPS) is 36.9. The molecule has 16 heavy (non-hydrogen) atoms. The molecule has 0 aromatic carbocycles. The van der Waals surface area contributed by atoms with Gasteiger partial charge < -0.3 is 0 Å². The van der Waals surface area contributed by atoms with Gasteiger partial charge in [0.2, 0.25) is 0 Å². The summed E-state index contributed by atoms with van der Waals surface area (Å²) in [6, 6.07) is 0.615. The lowest BCUT2D eigenvalue weighted by molar-refractivity contribution is -0.123. The second-order valence-electron chi connectivity index (χ2n) is 5.97. The van der Waals surface area contributed by atoms with Crippen molar-refractivity contribution in [3.05, 3.63) is 0 Å². The fourth-order valence-electron chi connectivity index (χ4n) is 3.58. The van der Waals surface area contributed by atoms with E-state index in [9.17, 15) is 4.79 Å².